The molecule has 10 rings (SSSR count). The number of aromatic nitrogens is 2. The number of fused-ring (bicyclic) bond motifs is 5. The van der Waals surface area contributed by atoms with Crippen LogP contribution in [0, 0.1) is 0 Å². The van der Waals surface area contributed by atoms with E-state index in [-0.39, 0.29) is 5.41 Å². The molecular formula is C50H38N3OP. The quantitative estimate of drug-likeness (QED) is 0.160. The highest BCUT2D eigenvalue weighted by atomic mass is 31.2. The van der Waals surface area contributed by atoms with Gasteiger partial charge in [0.15, 0.2) is 7.14 Å². The maximum absolute atomic E-state index is 15.5. The third-order valence-electron chi connectivity index (χ3n) is 11.2. The first-order chi connectivity index (χ1) is 26.9. The molecule has 4 nitrogen and oxygen atoms in total. The summed E-state index contributed by atoms with van der Waals surface area (Å²) >= 11 is 0. The van der Waals surface area contributed by atoms with Crippen molar-refractivity contribution < 1.29 is 4.57 Å². The average Bonchev–Trinajstić information content (AvgIpc) is 3.59. The van der Waals surface area contributed by atoms with Crippen molar-refractivity contribution in [1.29, 1.82) is 0 Å². The molecule has 1 aliphatic heterocycles. The van der Waals surface area contributed by atoms with Crippen LogP contribution in [-0.2, 0) is 9.98 Å². The molecule has 2 aromatic heterocycles. The molecule has 0 fully saturated rings. The summed E-state index contributed by atoms with van der Waals surface area (Å²) in [5, 5.41) is 3.92. The molecule has 5 heteroatoms. The maximum Gasteiger partial charge on any atom is 0.188 e. The summed E-state index contributed by atoms with van der Waals surface area (Å²) in [6.45, 7) is 4.63. The molecule has 0 aliphatic carbocycles. The number of hydrogen-bond acceptors (Lipinski definition) is 3. The molecule has 0 unspecified atom stereocenters. The second-order valence-electron chi connectivity index (χ2n) is 14.8. The van der Waals surface area contributed by atoms with Crippen molar-refractivity contribution >= 4 is 62.1 Å². The van der Waals surface area contributed by atoms with Gasteiger partial charge in [-0.1, -0.05) is 153 Å². The number of nitrogens with zero attached hydrogens (tertiary/aromatic N) is 3. The lowest BCUT2D eigenvalue weighted by molar-refractivity contribution is 0.592. The van der Waals surface area contributed by atoms with E-state index in [1.54, 1.807) is 0 Å². The summed E-state index contributed by atoms with van der Waals surface area (Å²) in [6.07, 6.45) is 0. The van der Waals surface area contributed by atoms with Crippen LogP contribution in [0.1, 0.15) is 25.0 Å². The third-order valence-corrected chi connectivity index (χ3v) is 14.2. The number of rotatable bonds is 6. The monoisotopic (exact) mass is 727 g/mol. The molecule has 0 spiro atoms. The van der Waals surface area contributed by atoms with Gasteiger partial charge in [-0.25, -0.2) is 4.98 Å². The number of benzene rings is 7. The summed E-state index contributed by atoms with van der Waals surface area (Å²) in [7, 11) is -3.32. The van der Waals surface area contributed by atoms with E-state index in [9.17, 15) is 0 Å². The van der Waals surface area contributed by atoms with Gasteiger partial charge >= 0.3 is 0 Å². The molecule has 0 amide bonds. The predicted molar refractivity (Wildman–Crippen MR) is 230 cm³/mol. The van der Waals surface area contributed by atoms with Gasteiger partial charge in [0.2, 0.25) is 0 Å². The largest absolute Gasteiger partial charge is 0.310 e. The summed E-state index contributed by atoms with van der Waals surface area (Å²) in [4.78, 5) is 7.72. The van der Waals surface area contributed by atoms with E-state index in [1.807, 2.05) is 78.9 Å². The Bertz CT molecular complexity index is 2800. The van der Waals surface area contributed by atoms with E-state index in [2.05, 4.69) is 139 Å². The van der Waals surface area contributed by atoms with Crippen LogP contribution in [0.15, 0.2) is 194 Å². The van der Waals surface area contributed by atoms with E-state index in [0.29, 0.717) is 5.44 Å². The Hall–Kier alpha value is -6.48. The number of pyridine rings is 1. The third kappa shape index (κ3) is 5.21. The van der Waals surface area contributed by atoms with Gasteiger partial charge in [-0.3, -0.25) is 0 Å². The molecule has 1 aliphatic rings. The zero-order valence-corrected chi connectivity index (χ0v) is 31.6. The van der Waals surface area contributed by atoms with Crippen LogP contribution in [0.5, 0.6) is 0 Å². The lowest BCUT2D eigenvalue weighted by atomic mass is 9.73. The standard InChI is InChI=1S/C50H38N3OP/c1-50(2)42-24-11-15-29-47(42)53(48-30-16-12-25-43(48)50)37-33-35(32-36(34-37)52-45-27-13-9-22-40(45)41-23-10-14-28-46(41)52)44-26-17-31-49(51-44)55(54,38-18-5-3-6-19-38)39-20-7-4-8-21-39/h3-34H,1-2H3. The molecule has 0 saturated carbocycles. The van der Waals surface area contributed by atoms with E-state index < -0.39 is 7.14 Å². The highest BCUT2D eigenvalue weighted by Crippen LogP contribution is 2.52. The van der Waals surface area contributed by atoms with Crippen molar-refractivity contribution in [2.75, 3.05) is 4.90 Å². The molecule has 9 aromatic rings. The topological polar surface area (TPSA) is 38.1 Å². The lowest BCUT2D eigenvalue weighted by Crippen LogP contribution is -2.30. The molecule has 7 aromatic carbocycles. The lowest BCUT2D eigenvalue weighted by Gasteiger charge is -2.42. The van der Waals surface area contributed by atoms with E-state index in [0.717, 1.165) is 55.6 Å². The Morgan fingerprint density at radius 3 is 1.56 bits per heavy atom. The van der Waals surface area contributed by atoms with Gasteiger partial charge in [0.25, 0.3) is 0 Å². The van der Waals surface area contributed by atoms with Gasteiger partial charge < -0.3 is 14.0 Å². The molecule has 0 N–H and O–H groups in total. The first-order valence-electron chi connectivity index (χ1n) is 18.7. The number of hydrogen-bond donors (Lipinski definition) is 0. The zero-order chi connectivity index (χ0) is 37.1. The SMILES string of the molecule is CC1(C)c2ccccc2N(c2cc(-c3cccc(P(=O)(c4ccccc4)c4ccccc4)n3)cc(-n3c4ccccc4c4ccccc43)c2)c2ccccc21. The van der Waals surface area contributed by atoms with Crippen molar-refractivity contribution in [3.63, 3.8) is 0 Å². The Morgan fingerprint density at radius 1 is 0.491 bits per heavy atom. The highest BCUT2D eigenvalue weighted by Gasteiger charge is 2.37. The minimum atomic E-state index is -3.32. The molecule has 0 radical (unpaired) electrons. The second-order valence-corrected chi connectivity index (χ2v) is 17.5. The minimum absolute atomic E-state index is 0.192. The van der Waals surface area contributed by atoms with Gasteiger partial charge in [0.1, 0.15) is 5.44 Å². The first-order valence-corrected chi connectivity index (χ1v) is 20.5. The average molecular weight is 728 g/mol. The normalized spacial score (nSPS) is 13.5. The fraction of sp³-hybridized carbons (Fsp3) is 0.0600. The van der Waals surface area contributed by atoms with Crippen LogP contribution in [0.3, 0.4) is 0 Å². The van der Waals surface area contributed by atoms with E-state index >= 15 is 4.57 Å². The van der Waals surface area contributed by atoms with Gasteiger partial charge in [0.05, 0.1) is 28.1 Å². The van der Waals surface area contributed by atoms with Crippen molar-refractivity contribution in [2.24, 2.45) is 0 Å². The minimum Gasteiger partial charge on any atom is -0.310 e. The zero-order valence-electron chi connectivity index (χ0n) is 30.7. The number of para-hydroxylation sites is 4. The van der Waals surface area contributed by atoms with Crippen molar-refractivity contribution in [3.8, 4) is 16.9 Å². The molecule has 0 bridgehead atoms. The second kappa shape index (κ2) is 12.8. The first kappa shape index (κ1) is 33.1. The molecule has 55 heavy (non-hydrogen) atoms. The van der Waals surface area contributed by atoms with Gasteiger partial charge in [-0.05, 0) is 65.7 Å². The van der Waals surface area contributed by atoms with Crippen LogP contribution in [0.4, 0.5) is 17.1 Å². The van der Waals surface area contributed by atoms with Crippen LogP contribution >= 0.6 is 7.14 Å². The summed E-state index contributed by atoms with van der Waals surface area (Å²) in [5.41, 5.74) is 11.2. The van der Waals surface area contributed by atoms with E-state index in [4.69, 9.17) is 4.98 Å². The van der Waals surface area contributed by atoms with Crippen LogP contribution in [0.2, 0.25) is 0 Å². The summed E-state index contributed by atoms with van der Waals surface area (Å²) in [6, 6.07) is 67.0. The van der Waals surface area contributed by atoms with Crippen LogP contribution < -0.4 is 20.9 Å². The predicted octanol–water partition coefficient (Wildman–Crippen LogP) is 11.6. The van der Waals surface area contributed by atoms with Gasteiger partial charge in [-0.15, -0.1) is 0 Å². The Morgan fingerprint density at radius 2 is 0.982 bits per heavy atom. The molecule has 3 heterocycles. The Labute approximate surface area is 321 Å². The molecule has 0 atom stereocenters. The Kier molecular flexibility index (Phi) is 7.73. The van der Waals surface area contributed by atoms with Crippen molar-refractivity contribution in [3.05, 3.63) is 205 Å². The van der Waals surface area contributed by atoms with Crippen molar-refractivity contribution in [2.45, 2.75) is 19.3 Å². The summed E-state index contributed by atoms with van der Waals surface area (Å²) < 4.78 is 17.9. The number of anilines is 3. The summed E-state index contributed by atoms with van der Waals surface area (Å²) in [5.74, 6) is 0. The van der Waals surface area contributed by atoms with Crippen molar-refractivity contribution in [1.82, 2.24) is 9.55 Å². The fourth-order valence-corrected chi connectivity index (χ4v) is 11.2. The molecule has 0 saturated heterocycles. The van der Waals surface area contributed by atoms with Gasteiger partial charge in [0, 0.05) is 43.7 Å². The van der Waals surface area contributed by atoms with Gasteiger partial charge in [-0.2, -0.15) is 0 Å². The van der Waals surface area contributed by atoms with Crippen LogP contribution in [-0.4, -0.2) is 9.55 Å². The van der Waals surface area contributed by atoms with Crippen LogP contribution in [0.25, 0.3) is 38.8 Å². The molecular weight excluding hydrogens is 690 g/mol. The van der Waals surface area contributed by atoms with E-state index in [1.165, 1.54) is 21.9 Å². The Balaban J connectivity index is 1.26. The molecule has 264 valence electrons. The smallest absolute Gasteiger partial charge is 0.188 e. The fourth-order valence-electron chi connectivity index (χ4n) is 8.60. The highest BCUT2D eigenvalue weighted by molar-refractivity contribution is 7.85. The maximum atomic E-state index is 15.5.